The van der Waals surface area contributed by atoms with Crippen LogP contribution in [0.25, 0.3) is 0 Å². The maximum absolute atomic E-state index is 11.9. The van der Waals surface area contributed by atoms with Crippen LogP contribution in [-0.2, 0) is 0 Å². The molecular weight excluding hydrogens is 310 g/mol. The number of rotatable bonds is 9. The number of benzene rings is 1. The van der Waals surface area contributed by atoms with E-state index in [0.717, 1.165) is 13.0 Å². The SMILES string of the molecule is CCCCCCCCNC(=S)NNC(=O)c1ccc(OC)cc1. The number of ether oxygens (including phenoxy) is 1. The van der Waals surface area contributed by atoms with Crippen molar-refractivity contribution in [2.75, 3.05) is 13.7 Å². The molecule has 0 aliphatic rings. The van der Waals surface area contributed by atoms with Crippen LogP contribution in [0.2, 0.25) is 0 Å². The number of thiocarbonyl (C=S) groups is 1. The zero-order chi connectivity index (χ0) is 16.9. The van der Waals surface area contributed by atoms with Gasteiger partial charge in [-0.3, -0.25) is 15.6 Å². The molecule has 0 bridgehead atoms. The summed E-state index contributed by atoms with van der Waals surface area (Å²) >= 11 is 5.12. The number of hydrogen-bond acceptors (Lipinski definition) is 3. The summed E-state index contributed by atoms with van der Waals surface area (Å²) in [7, 11) is 1.59. The summed E-state index contributed by atoms with van der Waals surface area (Å²) < 4.78 is 5.05. The molecule has 0 aliphatic carbocycles. The molecule has 3 N–H and O–H groups in total. The van der Waals surface area contributed by atoms with Gasteiger partial charge in [0, 0.05) is 12.1 Å². The zero-order valence-corrected chi connectivity index (χ0v) is 14.8. The summed E-state index contributed by atoms with van der Waals surface area (Å²) in [4.78, 5) is 11.9. The van der Waals surface area contributed by atoms with Crippen LogP contribution >= 0.6 is 12.2 Å². The Hall–Kier alpha value is -1.82. The fourth-order valence-corrected chi connectivity index (χ4v) is 2.23. The van der Waals surface area contributed by atoms with Crippen molar-refractivity contribution in [2.24, 2.45) is 0 Å². The van der Waals surface area contributed by atoms with Gasteiger partial charge in [-0.1, -0.05) is 39.0 Å². The number of amides is 1. The van der Waals surface area contributed by atoms with Crippen LogP contribution in [0.5, 0.6) is 5.75 Å². The van der Waals surface area contributed by atoms with Crippen LogP contribution in [0, 0.1) is 0 Å². The molecule has 0 spiro atoms. The topological polar surface area (TPSA) is 62.4 Å². The third-order valence-corrected chi connectivity index (χ3v) is 3.70. The lowest BCUT2D eigenvalue weighted by Gasteiger charge is -2.11. The van der Waals surface area contributed by atoms with Gasteiger partial charge < -0.3 is 10.1 Å². The zero-order valence-electron chi connectivity index (χ0n) is 14.0. The van der Waals surface area contributed by atoms with E-state index in [1.54, 1.807) is 31.4 Å². The Kier molecular flexibility index (Phi) is 9.79. The predicted molar refractivity (Wildman–Crippen MR) is 97.6 cm³/mol. The van der Waals surface area contributed by atoms with Gasteiger partial charge >= 0.3 is 0 Å². The lowest BCUT2D eigenvalue weighted by molar-refractivity contribution is 0.0943. The van der Waals surface area contributed by atoms with E-state index in [1.807, 2.05) is 0 Å². The Labute approximate surface area is 144 Å². The van der Waals surface area contributed by atoms with Gasteiger partial charge in [-0.2, -0.15) is 0 Å². The van der Waals surface area contributed by atoms with Crippen LogP contribution in [-0.4, -0.2) is 24.7 Å². The Morgan fingerprint density at radius 3 is 2.35 bits per heavy atom. The van der Waals surface area contributed by atoms with Crippen molar-refractivity contribution in [3.8, 4) is 5.75 Å². The maximum Gasteiger partial charge on any atom is 0.269 e. The molecule has 23 heavy (non-hydrogen) atoms. The first-order valence-corrected chi connectivity index (χ1v) is 8.56. The minimum absolute atomic E-state index is 0.239. The molecule has 0 atom stereocenters. The van der Waals surface area contributed by atoms with E-state index in [4.69, 9.17) is 17.0 Å². The minimum atomic E-state index is -0.239. The van der Waals surface area contributed by atoms with Gasteiger partial charge in [0.15, 0.2) is 5.11 Å². The van der Waals surface area contributed by atoms with Crippen LogP contribution < -0.4 is 20.9 Å². The predicted octanol–water partition coefficient (Wildman–Crippen LogP) is 3.16. The molecule has 6 heteroatoms. The van der Waals surface area contributed by atoms with E-state index in [2.05, 4.69) is 23.1 Å². The van der Waals surface area contributed by atoms with Gasteiger partial charge in [-0.25, -0.2) is 0 Å². The summed E-state index contributed by atoms with van der Waals surface area (Å²) in [5.74, 6) is 0.474. The van der Waals surface area contributed by atoms with Crippen molar-refractivity contribution < 1.29 is 9.53 Å². The van der Waals surface area contributed by atoms with Gasteiger partial charge in [0.1, 0.15) is 5.75 Å². The molecule has 0 heterocycles. The maximum atomic E-state index is 11.9. The summed E-state index contributed by atoms with van der Waals surface area (Å²) in [5, 5.41) is 3.52. The molecule has 5 nitrogen and oxygen atoms in total. The largest absolute Gasteiger partial charge is 0.497 e. The third kappa shape index (κ3) is 8.40. The second-order valence-corrected chi connectivity index (χ2v) is 5.74. The first-order valence-electron chi connectivity index (χ1n) is 8.15. The highest BCUT2D eigenvalue weighted by atomic mass is 32.1. The number of carbonyl (C=O) groups excluding carboxylic acids is 1. The molecule has 1 rings (SSSR count). The second-order valence-electron chi connectivity index (χ2n) is 5.33. The van der Waals surface area contributed by atoms with E-state index in [1.165, 1.54) is 32.1 Å². The number of hydrazine groups is 1. The Balaban J connectivity index is 2.13. The van der Waals surface area contributed by atoms with Crippen molar-refractivity contribution in [1.82, 2.24) is 16.2 Å². The minimum Gasteiger partial charge on any atom is -0.497 e. The summed E-state index contributed by atoms with van der Waals surface area (Å²) in [6.07, 6.45) is 7.43. The lowest BCUT2D eigenvalue weighted by atomic mass is 10.1. The summed E-state index contributed by atoms with van der Waals surface area (Å²) in [6, 6.07) is 6.87. The van der Waals surface area contributed by atoms with E-state index in [9.17, 15) is 4.79 Å². The van der Waals surface area contributed by atoms with E-state index >= 15 is 0 Å². The van der Waals surface area contributed by atoms with Gasteiger partial charge in [-0.05, 0) is 42.9 Å². The second kappa shape index (κ2) is 11.7. The van der Waals surface area contributed by atoms with Crippen molar-refractivity contribution >= 4 is 23.2 Å². The molecule has 1 aromatic carbocycles. The fourth-order valence-electron chi connectivity index (χ4n) is 2.08. The molecule has 0 saturated carbocycles. The number of carbonyl (C=O) groups is 1. The molecule has 1 aromatic rings. The highest BCUT2D eigenvalue weighted by Crippen LogP contribution is 2.10. The molecule has 0 aliphatic heterocycles. The van der Waals surface area contributed by atoms with Crippen molar-refractivity contribution in [1.29, 1.82) is 0 Å². The van der Waals surface area contributed by atoms with Crippen LogP contribution in [0.3, 0.4) is 0 Å². The van der Waals surface area contributed by atoms with E-state index in [-0.39, 0.29) is 5.91 Å². The average Bonchev–Trinajstić information content (AvgIpc) is 2.59. The first kappa shape index (κ1) is 19.2. The monoisotopic (exact) mass is 337 g/mol. The summed E-state index contributed by atoms with van der Waals surface area (Å²) in [5.41, 5.74) is 5.82. The standard InChI is InChI=1S/C17H27N3O2S/c1-3-4-5-6-7-8-13-18-17(23)20-19-16(21)14-9-11-15(22-2)12-10-14/h9-12H,3-8,13H2,1-2H3,(H,19,21)(H2,18,20,23). The smallest absolute Gasteiger partial charge is 0.269 e. The normalized spacial score (nSPS) is 10.0. The third-order valence-electron chi connectivity index (χ3n) is 3.46. The molecule has 0 radical (unpaired) electrons. The molecule has 0 aromatic heterocycles. The van der Waals surface area contributed by atoms with E-state index < -0.39 is 0 Å². The molecule has 0 unspecified atom stereocenters. The van der Waals surface area contributed by atoms with Gasteiger partial charge in [0.05, 0.1) is 7.11 Å². The number of unbranched alkanes of at least 4 members (excludes halogenated alkanes) is 5. The molecule has 1 amide bonds. The highest BCUT2D eigenvalue weighted by molar-refractivity contribution is 7.80. The fraction of sp³-hybridized carbons (Fsp3) is 0.529. The first-order chi connectivity index (χ1) is 11.2. The van der Waals surface area contributed by atoms with Crippen LogP contribution in [0.15, 0.2) is 24.3 Å². The van der Waals surface area contributed by atoms with Crippen LogP contribution in [0.4, 0.5) is 0 Å². The molecule has 0 fully saturated rings. The Morgan fingerprint density at radius 1 is 1.04 bits per heavy atom. The van der Waals surface area contributed by atoms with Gasteiger partial charge in [0.2, 0.25) is 0 Å². The van der Waals surface area contributed by atoms with Crippen molar-refractivity contribution in [3.63, 3.8) is 0 Å². The van der Waals surface area contributed by atoms with Crippen molar-refractivity contribution in [3.05, 3.63) is 29.8 Å². The molecule has 128 valence electrons. The average molecular weight is 337 g/mol. The Morgan fingerprint density at radius 2 is 1.70 bits per heavy atom. The number of hydrogen-bond donors (Lipinski definition) is 3. The molecular formula is C17H27N3O2S. The Bertz CT molecular complexity index is 477. The van der Waals surface area contributed by atoms with Crippen LogP contribution in [0.1, 0.15) is 55.8 Å². The van der Waals surface area contributed by atoms with Crippen molar-refractivity contribution in [2.45, 2.75) is 45.4 Å². The van der Waals surface area contributed by atoms with Gasteiger partial charge in [-0.15, -0.1) is 0 Å². The van der Waals surface area contributed by atoms with E-state index in [0.29, 0.717) is 16.4 Å². The molecule has 0 saturated heterocycles. The number of nitrogens with one attached hydrogen (secondary N) is 3. The van der Waals surface area contributed by atoms with Gasteiger partial charge in [0.25, 0.3) is 5.91 Å². The lowest BCUT2D eigenvalue weighted by Crippen LogP contribution is -2.46. The quantitative estimate of drug-likeness (QED) is 0.367. The summed E-state index contributed by atoms with van der Waals surface area (Å²) in [6.45, 7) is 3.03. The number of methoxy groups -OCH3 is 1. The highest BCUT2D eigenvalue weighted by Gasteiger charge is 2.05.